The first kappa shape index (κ1) is 10.3. The lowest BCUT2D eigenvalue weighted by Gasteiger charge is -2.19. The normalized spacial score (nSPS) is 11.9. The Balaban J connectivity index is 2.71. The summed E-state index contributed by atoms with van der Waals surface area (Å²) in [5, 5.41) is 10.7. The molecule has 1 aromatic rings. The Bertz CT molecular complexity index is 312. The first-order valence-corrected chi connectivity index (χ1v) is 3.88. The van der Waals surface area contributed by atoms with E-state index >= 15 is 0 Å². The standard InChI is InChI=1S/C8H11N3O3/c1-14-7-4-2-6(3-5-7)11(13)10-8(9)12/h2-5,11H,1H3,(H3,9,10,12). The topological polar surface area (TPSA) is 91.8 Å². The fourth-order valence-corrected chi connectivity index (χ4v) is 0.926. The molecule has 0 aromatic heterocycles. The maximum absolute atomic E-state index is 11.2. The third kappa shape index (κ3) is 2.61. The van der Waals surface area contributed by atoms with E-state index in [9.17, 15) is 10.0 Å². The number of rotatable bonds is 3. The summed E-state index contributed by atoms with van der Waals surface area (Å²) in [5.74, 6) is 0.639. The van der Waals surface area contributed by atoms with Crippen LogP contribution in [-0.4, -0.2) is 13.1 Å². The van der Waals surface area contributed by atoms with Crippen molar-refractivity contribution in [2.24, 2.45) is 5.73 Å². The first-order valence-electron chi connectivity index (χ1n) is 3.88. The van der Waals surface area contributed by atoms with Crippen molar-refractivity contribution < 1.29 is 14.7 Å². The zero-order valence-corrected chi connectivity index (χ0v) is 7.61. The summed E-state index contributed by atoms with van der Waals surface area (Å²) in [7, 11) is 1.53. The van der Waals surface area contributed by atoms with Crippen LogP contribution in [0.5, 0.6) is 5.75 Å². The largest absolute Gasteiger partial charge is 0.603 e. The van der Waals surface area contributed by atoms with Crippen LogP contribution >= 0.6 is 0 Å². The molecule has 0 aliphatic rings. The van der Waals surface area contributed by atoms with Gasteiger partial charge in [0.15, 0.2) is 5.69 Å². The Morgan fingerprint density at radius 2 is 2.07 bits per heavy atom. The smallest absolute Gasteiger partial charge is 0.357 e. The van der Waals surface area contributed by atoms with Crippen molar-refractivity contribution >= 4 is 11.7 Å². The maximum Gasteiger partial charge on any atom is 0.357 e. The molecule has 0 spiro atoms. The van der Waals surface area contributed by atoms with Crippen LogP contribution in [0.3, 0.4) is 0 Å². The van der Waals surface area contributed by atoms with E-state index in [0.717, 1.165) is 0 Å². The molecule has 1 atom stereocenters. The van der Waals surface area contributed by atoms with Gasteiger partial charge in [0.1, 0.15) is 5.75 Å². The number of benzene rings is 1. The highest BCUT2D eigenvalue weighted by molar-refractivity contribution is 5.70. The van der Waals surface area contributed by atoms with Gasteiger partial charge in [-0.3, -0.25) is 0 Å². The van der Waals surface area contributed by atoms with Gasteiger partial charge in [0, 0.05) is 12.1 Å². The molecule has 0 saturated heterocycles. The fraction of sp³-hybridized carbons (Fsp3) is 0.125. The van der Waals surface area contributed by atoms with E-state index in [1.165, 1.54) is 19.2 Å². The lowest BCUT2D eigenvalue weighted by molar-refractivity contribution is -0.816. The molecule has 14 heavy (non-hydrogen) atoms. The maximum atomic E-state index is 11.2. The molecule has 76 valence electrons. The van der Waals surface area contributed by atoms with E-state index in [2.05, 4.69) is 0 Å². The first-order chi connectivity index (χ1) is 6.63. The van der Waals surface area contributed by atoms with Gasteiger partial charge in [-0.2, -0.15) is 5.43 Å². The highest BCUT2D eigenvalue weighted by atomic mass is 16.5. The second kappa shape index (κ2) is 4.45. The summed E-state index contributed by atoms with van der Waals surface area (Å²) in [6, 6.07) is 5.45. The molecule has 1 unspecified atom stereocenters. The average Bonchev–Trinajstić information content (AvgIpc) is 2.17. The van der Waals surface area contributed by atoms with Crippen molar-refractivity contribution in [1.29, 1.82) is 0 Å². The number of quaternary nitrogens is 1. The monoisotopic (exact) mass is 197 g/mol. The van der Waals surface area contributed by atoms with Gasteiger partial charge in [-0.15, -0.1) is 0 Å². The molecule has 2 amide bonds. The minimum Gasteiger partial charge on any atom is -0.603 e. The van der Waals surface area contributed by atoms with Crippen molar-refractivity contribution in [3.8, 4) is 5.75 Å². The van der Waals surface area contributed by atoms with Gasteiger partial charge in [0.05, 0.1) is 7.11 Å². The minimum absolute atomic E-state index is 0.351. The number of hydrogen-bond acceptors (Lipinski definition) is 3. The molecule has 0 fully saturated rings. The number of carbonyl (C=O) groups excluding carboxylic acids is 1. The molecular formula is C8H11N3O3. The van der Waals surface area contributed by atoms with Crippen LogP contribution < -0.4 is 21.1 Å². The second-order valence-corrected chi connectivity index (χ2v) is 2.55. The van der Waals surface area contributed by atoms with Gasteiger partial charge in [-0.05, 0) is 12.1 Å². The average molecular weight is 197 g/mol. The lowest BCUT2D eigenvalue weighted by atomic mass is 10.3. The molecule has 0 heterocycles. The summed E-state index contributed by atoms with van der Waals surface area (Å²) in [5.41, 5.74) is 7.10. The number of primary amides is 1. The fourth-order valence-electron chi connectivity index (χ4n) is 0.926. The van der Waals surface area contributed by atoms with Gasteiger partial charge in [0.2, 0.25) is 0 Å². The zero-order valence-electron chi connectivity index (χ0n) is 7.61. The number of urea groups is 1. The SMILES string of the molecule is COc1ccc([NH+]([O-])NC(N)=O)cc1. The predicted octanol–water partition coefficient (Wildman–Crippen LogP) is -0.707. The Labute approximate surface area is 80.8 Å². The zero-order chi connectivity index (χ0) is 10.6. The number of amides is 2. The number of carbonyl (C=O) groups is 1. The van der Waals surface area contributed by atoms with E-state index in [1.807, 2.05) is 5.43 Å². The van der Waals surface area contributed by atoms with Crippen molar-refractivity contribution in [1.82, 2.24) is 5.43 Å². The van der Waals surface area contributed by atoms with E-state index in [1.54, 1.807) is 12.1 Å². The summed E-state index contributed by atoms with van der Waals surface area (Å²) in [4.78, 5) is 10.4. The molecule has 0 radical (unpaired) electrons. The summed E-state index contributed by atoms with van der Waals surface area (Å²) in [6.45, 7) is 0. The number of nitrogens with one attached hydrogen (secondary N) is 2. The molecule has 1 aromatic carbocycles. The van der Waals surface area contributed by atoms with Crippen LogP contribution in [-0.2, 0) is 0 Å². The molecule has 6 heteroatoms. The van der Waals surface area contributed by atoms with Gasteiger partial charge >= 0.3 is 6.03 Å². The predicted molar refractivity (Wildman–Crippen MR) is 49.7 cm³/mol. The van der Waals surface area contributed by atoms with Gasteiger partial charge in [0.25, 0.3) is 0 Å². The van der Waals surface area contributed by atoms with E-state index in [-0.39, 0.29) is 0 Å². The van der Waals surface area contributed by atoms with Crippen LogP contribution in [0.4, 0.5) is 10.5 Å². The van der Waals surface area contributed by atoms with Crippen molar-refractivity contribution in [3.05, 3.63) is 29.5 Å². The molecule has 6 nitrogen and oxygen atoms in total. The van der Waals surface area contributed by atoms with Crippen LogP contribution in [0, 0.1) is 5.21 Å². The molecule has 0 saturated carbocycles. The third-order valence-electron chi connectivity index (χ3n) is 1.59. The van der Waals surface area contributed by atoms with Crippen LogP contribution in [0.25, 0.3) is 0 Å². The highest BCUT2D eigenvalue weighted by Crippen LogP contribution is 2.11. The molecule has 0 bridgehead atoms. The molecule has 1 rings (SSSR count). The second-order valence-electron chi connectivity index (χ2n) is 2.55. The highest BCUT2D eigenvalue weighted by Gasteiger charge is 2.04. The van der Waals surface area contributed by atoms with Crippen molar-refractivity contribution in [2.45, 2.75) is 0 Å². The summed E-state index contributed by atoms with van der Waals surface area (Å²) < 4.78 is 4.91. The van der Waals surface area contributed by atoms with Crippen molar-refractivity contribution in [3.63, 3.8) is 0 Å². The minimum atomic E-state index is -0.870. The van der Waals surface area contributed by atoms with Gasteiger partial charge in [-0.25, -0.2) is 9.97 Å². The lowest BCUT2D eigenvalue weighted by Crippen LogP contribution is -3.10. The Hall–Kier alpha value is -1.79. The Morgan fingerprint density at radius 3 is 2.50 bits per heavy atom. The Kier molecular flexibility index (Phi) is 3.27. The number of ether oxygens (including phenoxy) is 1. The Morgan fingerprint density at radius 1 is 1.50 bits per heavy atom. The molecule has 0 aliphatic heterocycles. The van der Waals surface area contributed by atoms with Crippen LogP contribution in [0.1, 0.15) is 0 Å². The number of methoxy groups -OCH3 is 1. The van der Waals surface area contributed by atoms with E-state index in [0.29, 0.717) is 11.4 Å². The van der Waals surface area contributed by atoms with Gasteiger partial charge in [-0.1, -0.05) is 0 Å². The van der Waals surface area contributed by atoms with Crippen LogP contribution in [0.2, 0.25) is 0 Å². The quantitative estimate of drug-likeness (QED) is 0.559. The van der Waals surface area contributed by atoms with Crippen molar-refractivity contribution in [2.75, 3.05) is 7.11 Å². The van der Waals surface area contributed by atoms with Crippen LogP contribution in [0.15, 0.2) is 24.3 Å². The summed E-state index contributed by atoms with van der Waals surface area (Å²) >= 11 is 0. The third-order valence-corrected chi connectivity index (χ3v) is 1.59. The number of hydrogen-bond donors (Lipinski definition) is 3. The summed E-state index contributed by atoms with van der Waals surface area (Å²) in [6.07, 6.45) is 0. The number of nitrogens with two attached hydrogens (primary N) is 1. The van der Waals surface area contributed by atoms with Gasteiger partial charge < -0.3 is 15.7 Å². The molecule has 0 aliphatic carbocycles. The molecular weight excluding hydrogens is 186 g/mol. The molecule has 4 N–H and O–H groups in total. The van der Waals surface area contributed by atoms with E-state index < -0.39 is 11.2 Å². The van der Waals surface area contributed by atoms with E-state index in [4.69, 9.17) is 10.5 Å².